The lowest BCUT2D eigenvalue weighted by atomic mass is 10.1. The van der Waals surface area contributed by atoms with Gasteiger partial charge in [0, 0.05) is 17.8 Å². The first-order chi connectivity index (χ1) is 9.04. The number of carbonyl (C=O) groups is 1. The van der Waals surface area contributed by atoms with Gasteiger partial charge in [-0.25, -0.2) is 4.79 Å². The third-order valence-electron chi connectivity index (χ3n) is 3.45. The maximum absolute atomic E-state index is 11.8. The zero-order valence-corrected chi connectivity index (χ0v) is 12.0. The fraction of sp³-hybridized carbons (Fsp3) is 0.429. The van der Waals surface area contributed by atoms with E-state index in [1.54, 1.807) is 0 Å². The lowest BCUT2D eigenvalue weighted by molar-refractivity contribution is -0.141. The first-order valence-electron chi connectivity index (χ1n) is 6.29. The van der Waals surface area contributed by atoms with Crippen LogP contribution >= 0.6 is 12.2 Å². The number of ether oxygens (including phenoxy) is 1. The van der Waals surface area contributed by atoms with E-state index in [1.165, 1.54) is 7.11 Å². The number of benzene rings is 1. The molecule has 0 radical (unpaired) electrons. The minimum Gasteiger partial charge on any atom is -0.467 e. The molecular formula is C14H18N2O2S. The summed E-state index contributed by atoms with van der Waals surface area (Å²) < 4.78 is 4.87. The van der Waals surface area contributed by atoms with E-state index >= 15 is 0 Å². The average molecular weight is 278 g/mol. The van der Waals surface area contributed by atoms with E-state index in [0.29, 0.717) is 4.99 Å². The van der Waals surface area contributed by atoms with Crippen LogP contribution in [0.25, 0.3) is 0 Å². The highest BCUT2D eigenvalue weighted by Gasteiger charge is 2.33. The number of anilines is 1. The molecule has 5 heteroatoms. The highest BCUT2D eigenvalue weighted by atomic mass is 32.1. The van der Waals surface area contributed by atoms with Gasteiger partial charge in [-0.15, -0.1) is 0 Å². The van der Waals surface area contributed by atoms with Gasteiger partial charge in [0.05, 0.1) is 7.11 Å². The molecular weight excluding hydrogens is 260 g/mol. The lowest BCUT2D eigenvalue weighted by Gasteiger charge is -2.27. The summed E-state index contributed by atoms with van der Waals surface area (Å²) in [5.41, 5.74) is 8.64. The van der Waals surface area contributed by atoms with Crippen LogP contribution in [0.2, 0.25) is 0 Å². The zero-order valence-electron chi connectivity index (χ0n) is 11.2. The summed E-state index contributed by atoms with van der Waals surface area (Å²) in [5.74, 6) is -0.201. The number of methoxy groups -OCH3 is 1. The molecule has 1 unspecified atom stereocenters. The van der Waals surface area contributed by atoms with Gasteiger partial charge in [0.25, 0.3) is 0 Å². The molecule has 1 saturated heterocycles. The van der Waals surface area contributed by atoms with Crippen LogP contribution in [-0.2, 0) is 9.53 Å². The summed E-state index contributed by atoms with van der Waals surface area (Å²) in [6, 6.07) is 5.68. The van der Waals surface area contributed by atoms with Gasteiger partial charge in [-0.1, -0.05) is 18.3 Å². The fourth-order valence-electron chi connectivity index (χ4n) is 2.52. The molecule has 102 valence electrons. The van der Waals surface area contributed by atoms with Gasteiger partial charge < -0.3 is 15.4 Å². The molecule has 1 aromatic rings. The van der Waals surface area contributed by atoms with Crippen LogP contribution in [0.4, 0.5) is 5.69 Å². The molecule has 0 saturated carbocycles. The minimum absolute atomic E-state index is 0.201. The summed E-state index contributed by atoms with van der Waals surface area (Å²) in [6.45, 7) is 2.83. The zero-order chi connectivity index (χ0) is 14.0. The molecule has 0 bridgehead atoms. The van der Waals surface area contributed by atoms with Gasteiger partial charge in [-0.2, -0.15) is 0 Å². The lowest BCUT2D eigenvalue weighted by Crippen LogP contribution is -2.38. The van der Waals surface area contributed by atoms with Crippen LogP contribution in [0.15, 0.2) is 18.2 Å². The van der Waals surface area contributed by atoms with Gasteiger partial charge in [0.1, 0.15) is 11.0 Å². The minimum atomic E-state index is -0.236. The molecule has 19 heavy (non-hydrogen) atoms. The number of hydrogen-bond donors (Lipinski definition) is 1. The van der Waals surface area contributed by atoms with Crippen LogP contribution in [0.1, 0.15) is 24.0 Å². The van der Waals surface area contributed by atoms with Gasteiger partial charge in [-0.3, -0.25) is 0 Å². The molecule has 0 aliphatic carbocycles. The number of carbonyl (C=O) groups excluding carboxylic acids is 1. The van der Waals surface area contributed by atoms with Crippen LogP contribution in [0, 0.1) is 6.92 Å². The Hall–Kier alpha value is -1.62. The molecule has 4 nitrogen and oxygen atoms in total. The third-order valence-corrected chi connectivity index (χ3v) is 3.67. The number of hydrogen-bond acceptors (Lipinski definition) is 4. The Morgan fingerprint density at radius 1 is 1.53 bits per heavy atom. The maximum Gasteiger partial charge on any atom is 0.328 e. The second-order valence-electron chi connectivity index (χ2n) is 4.76. The van der Waals surface area contributed by atoms with Crippen molar-refractivity contribution in [3.8, 4) is 0 Å². The summed E-state index contributed by atoms with van der Waals surface area (Å²) in [7, 11) is 1.42. The SMILES string of the molecule is COC(=O)C1CCCN1c1cc(C)ccc1C(N)=S. The van der Waals surface area contributed by atoms with Crippen LogP contribution in [-0.4, -0.2) is 30.7 Å². The molecule has 1 aliphatic rings. The smallest absolute Gasteiger partial charge is 0.328 e. The van der Waals surface area contributed by atoms with Crippen molar-refractivity contribution >= 4 is 28.9 Å². The van der Waals surface area contributed by atoms with Crippen LogP contribution in [0.3, 0.4) is 0 Å². The first-order valence-corrected chi connectivity index (χ1v) is 6.70. The Labute approximate surface area is 118 Å². The van der Waals surface area contributed by atoms with E-state index < -0.39 is 0 Å². The Morgan fingerprint density at radius 3 is 2.89 bits per heavy atom. The largest absolute Gasteiger partial charge is 0.467 e. The first kappa shape index (κ1) is 13.8. The molecule has 2 rings (SSSR count). The number of thiocarbonyl (C=S) groups is 1. The number of esters is 1. The standard InChI is InChI=1S/C14H18N2O2S/c1-9-5-6-10(13(15)19)12(8-9)16-7-3-4-11(16)14(17)18-2/h5-6,8,11H,3-4,7H2,1-2H3,(H2,15,19). The van der Waals surface area contributed by atoms with Gasteiger partial charge in [-0.05, 0) is 37.5 Å². The molecule has 1 aromatic carbocycles. The van der Waals surface area contributed by atoms with E-state index in [9.17, 15) is 4.79 Å². The summed E-state index contributed by atoms with van der Waals surface area (Å²) >= 11 is 5.10. The molecule has 1 fully saturated rings. The molecule has 1 atom stereocenters. The number of rotatable bonds is 3. The third kappa shape index (κ3) is 2.71. The second-order valence-corrected chi connectivity index (χ2v) is 5.20. The molecule has 0 aromatic heterocycles. The number of aryl methyl sites for hydroxylation is 1. The molecule has 2 N–H and O–H groups in total. The topological polar surface area (TPSA) is 55.6 Å². The van der Waals surface area contributed by atoms with E-state index in [2.05, 4.69) is 0 Å². The van der Waals surface area contributed by atoms with Crippen molar-refractivity contribution in [3.05, 3.63) is 29.3 Å². The van der Waals surface area contributed by atoms with Crippen molar-refractivity contribution in [2.75, 3.05) is 18.6 Å². The predicted octanol–water partition coefficient (Wildman–Crippen LogP) is 1.77. The maximum atomic E-state index is 11.8. The Bertz CT molecular complexity index is 516. The van der Waals surface area contributed by atoms with Crippen molar-refractivity contribution in [3.63, 3.8) is 0 Å². The van der Waals surface area contributed by atoms with Gasteiger partial charge >= 0.3 is 5.97 Å². The van der Waals surface area contributed by atoms with Crippen molar-refractivity contribution in [2.45, 2.75) is 25.8 Å². The quantitative estimate of drug-likeness (QED) is 0.674. The monoisotopic (exact) mass is 278 g/mol. The van der Waals surface area contributed by atoms with Gasteiger partial charge in [0.15, 0.2) is 0 Å². The van der Waals surface area contributed by atoms with E-state index in [4.69, 9.17) is 22.7 Å². The van der Waals surface area contributed by atoms with Crippen molar-refractivity contribution in [2.24, 2.45) is 5.73 Å². The fourth-order valence-corrected chi connectivity index (χ4v) is 2.70. The molecule has 1 heterocycles. The van der Waals surface area contributed by atoms with E-state index in [0.717, 1.165) is 36.2 Å². The van der Waals surface area contributed by atoms with Crippen molar-refractivity contribution in [1.29, 1.82) is 0 Å². The second kappa shape index (κ2) is 5.57. The van der Waals surface area contributed by atoms with Crippen LogP contribution in [0.5, 0.6) is 0 Å². The molecule has 0 amide bonds. The van der Waals surface area contributed by atoms with Crippen molar-refractivity contribution < 1.29 is 9.53 Å². The Morgan fingerprint density at radius 2 is 2.26 bits per heavy atom. The predicted molar refractivity (Wildman–Crippen MR) is 79.5 cm³/mol. The normalized spacial score (nSPS) is 18.4. The highest BCUT2D eigenvalue weighted by Crippen LogP contribution is 2.30. The van der Waals surface area contributed by atoms with Crippen molar-refractivity contribution in [1.82, 2.24) is 0 Å². The van der Waals surface area contributed by atoms with E-state index in [-0.39, 0.29) is 12.0 Å². The summed E-state index contributed by atoms with van der Waals surface area (Å²) in [5, 5.41) is 0. The summed E-state index contributed by atoms with van der Waals surface area (Å²) in [4.78, 5) is 14.2. The highest BCUT2D eigenvalue weighted by molar-refractivity contribution is 7.80. The average Bonchev–Trinajstić information content (AvgIpc) is 2.86. The van der Waals surface area contributed by atoms with Crippen LogP contribution < -0.4 is 10.6 Å². The Kier molecular flexibility index (Phi) is 4.04. The van der Waals surface area contributed by atoms with Gasteiger partial charge in [0.2, 0.25) is 0 Å². The molecule has 1 aliphatic heterocycles. The number of nitrogens with zero attached hydrogens (tertiary/aromatic N) is 1. The number of nitrogens with two attached hydrogens (primary N) is 1. The Balaban J connectivity index is 2.42. The molecule has 0 spiro atoms. The summed E-state index contributed by atoms with van der Waals surface area (Å²) in [6.07, 6.45) is 1.77. The van der Waals surface area contributed by atoms with E-state index in [1.807, 2.05) is 30.0 Å².